The fourth-order valence-electron chi connectivity index (χ4n) is 1.49. The summed E-state index contributed by atoms with van der Waals surface area (Å²) in [5, 5.41) is 21.8. The SMILES string of the molecule is CCC(CCO)CNCC(O)COC(C)(C)C. The molecule has 0 aromatic carbocycles. The van der Waals surface area contributed by atoms with Gasteiger partial charge in [-0.3, -0.25) is 0 Å². The van der Waals surface area contributed by atoms with Crippen molar-refractivity contribution >= 4 is 0 Å². The number of hydrogen-bond donors (Lipinski definition) is 3. The first kappa shape index (κ1) is 16.8. The molecule has 0 fully saturated rings. The second kappa shape index (κ2) is 8.86. The van der Waals surface area contributed by atoms with E-state index >= 15 is 0 Å². The number of hydrogen-bond acceptors (Lipinski definition) is 4. The highest BCUT2D eigenvalue weighted by Crippen LogP contribution is 2.07. The zero-order valence-corrected chi connectivity index (χ0v) is 11.7. The molecule has 0 amide bonds. The lowest BCUT2D eigenvalue weighted by atomic mass is 10.0. The molecule has 2 atom stereocenters. The topological polar surface area (TPSA) is 61.7 Å². The molecule has 0 saturated heterocycles. The van der Waals surface area contributed by atoms with Crippen LogP contribution in [0.15, 0.2) is 0 Å². The molecule has 0 aliphatic heterocycles. The van der Waals surface area contributed by atoms with Crippen molar-refractivity contribution in [3.8, 4) is 0 Å². The number of rotatable bonds is 9. The third-order valence-corrected chi connectivity index (χ3v) is 2.64. The summed E-state index contributed by atoms with van der Waals surface area (Å²) >= 11 is 0. The van der Waals surface area contributed by atoms with Crippen molar-refractivity contribution in [3.63, 3.8) is 0 Å². The van der Waals surface area contributed by atoms with E-state index in [1.54, 1.807) is 0 Å². The van der Waals surface area contributed by atoms with Crippen LogP contribution in [0.2, 0.25) is 0 Å². The van der Waals surface area contributed by atoms with Crippen molar-refractivity contribution in [2.24, 2.45) is 5.92 Å². The van der Waals surface area contributed by atoms with Gasteiger partial charge in [-0.05, 0) is 39.7 Å². The Morgan fingerprint density at radius 2 is 1.88 bits per heavy atom. The smallest absolute Gasteiger partial charge is 0.0897 e. The molecule has 3 N–H and O–H groups in total. The van der Waals surface area contributed by atoms with Crippen LogP contribution in [0.25, 0.3) is 0 Å². The van der Waals surface area contributed by atoms with Crippen LogP contribution in [0.1, 0.15) is 40.5 Å². The fraction of sp³-hybridized carbons (Fsp3) is 1.00. The summed E-state index contributed by atoms with van der Waals surface area (Å²) in [6.45, 7) is 10.00. The molecule has 0 aromatic rings. The zero-order chi connectivity index (χ0) is 13.3. The van der Waals surface area contributed by atoms with Crippen LogP contribution < -0.4 is 5.32 Å². The second-order valence-corrected chi connectivity index (χ2v) is 5.52. The van der Waals surface area contributed by atoms with Gasteiger partial charge in [0.05, 0.1) is 18.3 Å². The summed E-state index contributed by atoms with van der Waals surface area (Å²) in [4.78, 5) is 0. The summed E-state index contributed by atoms with van der Waals surface area (Å²) in [7, 11) is 0. The van der Waals surface area contributed by atoms with Crippen LogP contribution >= 0.6 is 0 Å². The third kappa shape index (κ3) is 10.7. The Hall–Kier alpha value is -0.160. The molecule has 0 radical (unpaired) electrons. The normalized spacial score (nSPS) is 15.9. The average Bonchev–Trinajstić information content (AvgIpc) is 2.24. The molecule has 0 aromatic heterocycles. The molecule has 0 bridgehead atoms. The molecule has 0 rings (SSSR count). The number of aliphatic hydroxyl groups is 2. The van der Waals surface area contributed by atoms with Gasteiger partial charge < -0.3 is 20.3 Å². The Morgan fingerprint density at radius 3 is 2.35 bits per heavy atom. The van der Waals surface area contributed by atoms with Gasteiger partial charge in [-0.15, -0.1) is 0 Å². The minimum Gasteiger partial charge on any atom is -0.396 e. The number of ether oxygens (including phenoxy) is 1. The third-order valence-electron chi connectivity index (χ3n) is 2.64. The molecular weight excluding hydrogens is 218 g/mol. The molecule has 17 heavy (non-hydrogen) atoms. The molecule has 0 saturated carbocycles. The Labute approximate surface area is 105 Å². The van der Waals surface area contributed by atoms with E-state index in [0.717, 1.165) is 19.4 Å². The Kier molecular flexibility index (Phi) is 8.78. The Balaban J connectivity index is 3.59. The highest BCUT2D eigenvalue weighted by molar-refractivity contribution is 4.66. The van der Waals surface area contributed by atoms with Gasteiger partial charge in [0, 0.05) is 13.2 Å². The van der Waals surface area contributed by atoms with Crippen molar-refractivity contribution in [1.82, 2.24) is 5.32 Å². The first-order valence-corrected chi connectivity index (χ1v) is 6.52. The summed E-state index contributed by atoms with van der Waals surface area (Å²) in [5.41, 5.74) is -0.205. The van der Waals surface area contributed by atoms with E-state index in [4.69, 9.17) is 9.84 Å². The van der Waals surface area contributed by atoms with Gasteiger partial charge in [0.15, 0.2) is 0 Å². The van der Waals surface area contributed by atoms with Gasteiger partial charge >= 0.3 is 0 Å². The standard InChI is InChI=1S/C13H29NO3/c1-5-11(6-7-15)8-14-9-12(16)10-17-13(2,3)4/h11-12,14-16H,5-10H2,1-4H3. The van der Waals surface area contributed by atoms with E-state index in [-0.39, 0.29) is 12.2 Å². The van der Waals surface area contributed by atoms with E-state index in [1.165, 1.54) is 0 Å². The number of nitrogens with one attached hydrogen (secondary N) is 1. The van der Waals surface area contributed by atoms with Crippen LogP contribution in [0.3, 0.4) is 0 Å². The Morgan fingerprint density at radius 1 is 1.24 bits per heavy atom. The second-order valence-electron chi connectivity index (χ2n) is 5.52. The van der Waals surface area contributed by atoms with Crippen LogP contribution in [0.5, 0.6) is 0 Å². The largest absolute Gasteiger partial charge is 0.396 e. The molecular formula is C13H29NO3. The van der Waals surface area contributed by atoms with Gasteiger partial charge in [0.25, 0.3) is 0 Å². The van der Waals surface area contributed by atoms with Crippen molar-refractivity contribution in [2.45, 2.75) is 52.2 Å². The molecule has 4 nitrogen and oxygen atoms in total. The van der Waals surface area contributed by atoms with Crippen LogP contribution in [-0.4, -0.2) is 48.2 Å². The fourth-order valence-corrected chi connectivity index (χ4v) is 1.49. The quantitative estimate of drug-likeness (QED) is 0.572. The van der Waals surface area contributed by atoms with E-state index in [1.807, 2.05) is 20.8 Å². The van der Waals surface area contributed by atoms with Gasteiger partial charge in [-0.2, -0.15) is 0 Å². The van der Waals surface area contributed by atoms with E-state index in [0.29, 0.717) is 19.1 Å². The molecule has 4 heteroatoms. The van der Waals surface area contributed by atoms with Gasteiger partial charge in [-0.25, -0.2) is 0 Å². The predicted molar refractivity (Wildman–Crippen MR) is 70.1 cm³/mol. The maximum Gasteiger partial charge on any atom is 0.0897 e. The molecule has 2 unspecified atom stereocenters. The number of aliphatic hydroxyl groups excluding tert-OH is 2. The van der Waals surface area contributed by atoms with Crippen LogP contribution in [0, 0.1) is 5.92 Å². The lowest BCUT2D eigenvalue weighted by Gasteiger charge is -2.22. The first-order chi connectivity index (χ1) is 7.89. The minimum absolute atomic E-state index is 0.205. The highest BCUT2D eigenvalue weighted by Gasteiger charge is 2.13. The van der Waals surface area contributed by atoms with Crippen molar-refractivity contribution in [3.05, 3.63) is 0 Å². The van der Waals surface area contributed by atoms with Crippen molar-refractivity contribution < 1.29 is 14.9 Å². The summed E-state index contributed by atoms with van der Waals surface area (Å²) < 4.78 is 5.49. The summed E-state index contributed by atoms with van der Waals surface area (Å²) in [5.74, 6) is 0.482. The van der Waals surface area contributed by atoms with Crippen molar-refractivity contribution in [2.75, 3.05) is 26.3 Å². The molecule has 0 heterocycles. The lowest BCUT2D eigenvalue weighted by Crippen LogP contribution is -2.35. The molecule has 104 valence electrons. The van der Waals surface area contributed by atoms with Gasteiger partial charge in [0.1, 0.15) is 0 Å². The monoisotopic (exact) mass is 247 g/mol. The van der Waals surface area contributed by atoms with E-state index in [2.05, 4.69) is 12.2 Å². The molecule has 0 aliphatic carbocycles. The average molecular weight is 247 g/mol. The zero-order valence-electron chi connectivity index (χ0n) is 11.7. The molecule has 0 spiro atoms. The summed E-state index contributed by atoms with van der Waals surface area (Å²) in [6, 6.07) is 0. The van der Waals surface area contributed by atoms with Crippen molar-refractivity contribution in [1.29, 1.82) is 0 Å². The van der Waals surface area contributed by atoms with Gasteiger partial charge in [0.2, 0.25) is 0 Å². The maximum atomic E-state index is 9.69. The predicted octanol–water partition coefficient (Wildman–Crippen LogP) is 1.16. The Bertz CT molecular complexity index is 180. The molecule has 0 aliphatic rings. The van der Waals surface area contributed by atoms with E-state index in [9.17, 15) is 5.11 Å². The highest BCUT2D eigenvalue weighted by atomic mass is 16.5. The maximum absolute atomic E-state index is 9.69. The van der Waals surface area contributed by atoms with Crippen LogP contribution in [0.4, 0.5) is 0 Å². The summed E-state index contributed by atoms with van der Waals surface area (Å²) in [6.07, 6.45) is 1.39. The minimum atomic E-state index is -0.471. The van der Waals surface area contributed by atoms with Gasteiger partial charge in [-0.1, -0.05) is 13.3 Å². The van der Waals surface area contributed by atoms with E-state index < -0.39 is 6.10 Å². The lowest BCUT2D eigenvalue weighted by molar-refractivity contribution is -0.0480. The first-order valence-electron chi connectivity index (χ1n) is 6.52. The van der Waals surface area contributed by atoms with Crippen LogP contribution in [-0.2, 0) is 4.74 Å².